The van der Waals surface area contributed by atoms with Crippen LogP contribution >= 0.6 is 0 Å². The summed E-state index contributed by atoms with van der Waals surface area (Å²) in [7, 11) is -3.25. The van der Waals surface area contributed by atoms with Crippen LogP contribution in [0.3, 0.4) is 0 Å². The largest absolute Gasteiger partial charge is 0.355 e. The summed E-state index contributed by atoms with van der Waals surface area (Å²) in [4.78, 5) is 11.8. The van der Waals surface area contributed by atoms with Crippen LogP contribution in [0, 0.1) is 11.8 Å². The van der Waals surface area contributed by atoms with Gasteiger partial charge in [0.2, 0.25) is 15.9 Å². The van der Waals surface area contributed by atoms with E-state index in [-0.39, 0.29) is 24.1 Å². The fourth-order valence-corrected chi connectivity index (χ4v) is 3.06. The average Bonchev–Trinajstić information content (AvgIpc) is 2.28. The lowest BCUT2D eigenvalue weighted by molar-refractivity contribution is -0.125. The molecule has 0 saturated carbocycles. The first-order chi connectivity index (χ1) is 8.44. The van der Waals surface area contributed by atoms with Crippen LogP contribution in [-0.4, -0.2) is 46.3 Å². The number of rotatable bonds is 6. The van der Waals surface area contributed by atoms with Crippen LogP contribution in [0.5, 0.6) is 0 Å². The van der Waals surface area contributed by atoms with Crippen LogP contribution < -0.4 is 15.4 Å². The highest BCUT2D eigenvalue weighted by Gasteiger charge is 2.24. The van der Waals surface area contributed by atoms with E-state index in [1.165, 1.54) is 0 Å². The Balaban J connectivity index is 2.29. The third kappa shape index (κ3) is 5.32. The summed E-state index contributed by atoms with van der Waals surface area (Å²) in [6.07, 6.45) is 0.860. The Morgan fingerprint density at radius 2 is 2.11 bits per heavy atom. The molecule has 18 heavy (non-hydrogen) atoms. The van der Waals surface area contributed by atoms with Gasteiger partial charge in [-0.2, -0.15) is 0 Å². The molecule has 1 aliphatic heterocycles. The Labute approximate surface area is 109 Å². The van der Waals surface area contributed by atoms with Crippen molar-refractivity contribution in [3.05, 3.63) is 0 Å². The Hall–Kier alpha value is -0.660. The van der Waals surface area contributed by atoms with E-state index < -0.39 is 10.0 Å². The summed E-state index contributed by atoms with van der Waals surface area (Å²) in [6, 6.07) is 0. The second kappa shape index (κ2) is 7.06. The van der Waals surface area contributed by atoms with Gasteiger partial charge in [0.25, 0.3) is 0 Å². The fourth-order valence-electron chi connectivity index (χ4n) is 2.10. The Bertz CT molecular complexity index is 370. The first kappa shape index (κ1) is 15.4. The highest BCUT2D eigenvalue weighted by Crippen LogP contribution is 2.15. The van der Waals surface area contributed by atoms with E-state index in [0.29, 0.717) is 19.0 Å². The lowest BCUT2D eigenvalue weighted by Crippen LogP contribution is -2.44. The smallest absolute Gasteiger partial charge is 0.224 e. The van der Waals surface area contributed by atoms with Crippen LogP contribution in [0.4, 0.5) is 0 Å². The molecule has 106 valence electrons. The highest BCUT2D eigenvalue weighted by atomic mass is 32.2. The van der Waals surface area contributed by atoms with Gasteiger partial charge >= 0.3 is 0 Å². The number of carbonyl (C=O) groups is 1. The van der Waals surface area contributed by atoms with Gasteiger partial charge in [-0.15, -0.1) is 0 Å². The summed E-state index contributed by atoms with van der Waals surface area (Å²) in [5, 5.41) is 5.89. The van der Waals surface area contributed by atoms with Crippen molar-refractivity contribution in [2.75, 3.05) is 31.9 Å². The highest BCUT2D eigenvalue weighted by molar-refractivity contribution is 7.89. The van der Waals surface area contributed by atoms with Gasteiger partial charge in [0.1, 0.15) is 0 Å². The molecule has 0 aromatic heterocycles. The van der Waals surface area contributed by atoms with Gasteiger partial charge in [-0.25, -0.2) is 13.1 Å². The lowest BCUT2D eigenvalue weighted by Gasteiger charge is -2.26. The predicted octanol–water partition coefficient (Wildman–Crippen LogP) is -0.712. The summed E-state index contributed by atoms with van der Waals surface area (Å²) < 4.78 is 25.1. The first-order valence-corrected chi connectivity index (χ1v) is 8.05. The molecule has 0 aromatic carbocycles. The molecule has 3 N–H and O–H groups in total. The number of carbonyl (C=O) groups excluding carboxylic acids is 1. The molecule has 1 aliphatic rings. The Morgan fingerprint density at radius 3 is 2.72 bits per heavy atom. The standard InChI is InChI=1S/C11H23N3O3S/c1-3-14-18(16,17)5-4-13-11(15)10-6-9(2)7-12-8-10/h9-10,12,14H,3-8H2,1-2H3,(H,13,15). The Kier molecular flexibility index (Phi) is 6.04. The number of piperidine rings is 1. The SMILES string of the molecule is CCNS(=O)(=O)CCNC(=O)C1CNCC(C)C1. The van der Waals surface area contributed by atoms with Gasteiger partial charge < -0.3 is 10.6 Å². The van der Waals surface area contributed by atoms with Crippen molar-refractivity contribution in [2.24, 2.45) is 11.8 Å². The lowest BCUT2D eigenvalue weighted by atomic mass is 9.91. The second-order valence-corrected chi connectivity index (χ2v) is 6.73. The van der Waals surface area contributed by atoms with Crippen molar-refractivity contribution in [1.29, 1.82) is 0 Å². The quantitative estimate of drug-likeness (QED) is 0.598. The zero-order chi connectivity index (χ0) is 13.6. The van der Waals surface area contributed by atoms with Crippen molar-refractivity contribution in [3.63, 3.8) is 0 Å². The molecule has 1 saturated heterocycles. The van der Waals surface area contributed by atoms with Crippen molar-refractivity contribution in [2.45, 2.75) is 20.3 Å². The Morgan fingerprint density at radius 1 is 1.39 bits per heavy atom. The molecule has 1 rings (SSSR count). The normalized spacial score (nSPS) is 24.8. The molecule has 0 bridgehead atoms. The molecule has 0 radical (unpaired) electrons. The maximum atomic E-state index is 11.8. The zero-order valence-corrected chi connectivity index (χ0v) is 11.8. The van der Waals surface area contributed by atoms with Gasteiger partial charge in [0, 0.05) is 19.6 Å². The summed E-state index contributed by atoms with van der Waals surface area (Å²) in [6.45, 7) is 5.99. The van der Waals surface area contributed by atoms with E-state index >= 15 is 0 Å². The van der Waals surface area contributed by atoms with Crippen LogP contribution in [0.2, 0.25) is 0 Å². The fraction of sp³-hybridized carbons (Fsp3) is 0.909. The minimum absolute atomic E-state index is 0.0458. The van der Waals surface area contributed by atoms with E-state index in [0.717, 1.165) is 13.0 Å². The van der Waals surface area contributed by atoms with E-state index in [4.69, 9.17) is 0 Å². The molecule has 0 aromatic rings. The number of hydrogen-bond donors (Lipinski definition) is 3. The number of amides is 1. The van der Waals surface area contributed by atoms with Gasteiger partial charge in [-0.1, -0.05) is 13.8 Å². The summed E-state index contributed by atoms with van der Waals surface area (Å²) in [5.74, 6) is 0.318. The van der Waals surface area contributed by atoms with Gasteiger partial charge in [-0.05, 0) is 18.9 Å². The molecule has 1 fully saturated rings. The first-order valence-electron chi connectivity index (χ1n) is 6.40. The number of sulfonamides is 1. The monoisotopic (exact) mass is 277 g/mol. The van der Waals surface area contributed by atoms with Crippen molar-refractivity contribution in [1.82, 2.24) is 15.4 Å². The van der Waals surface area contributed by atoms with E-state index in [1.807, 2.05) is 0 Å². The van der Waals surface area contributed by atoms with E-state index in [2.05, 4.69) is 22.3 Å². The third-order valence-corrected chi connectivity index (χ3v) is 4.45. The molecule has 7 heteroatoms. The minimum Gasteiger partial charge on any atom is -0.355 e. The molecule has 1 heterocycles. The van der Waals surface area contributed by atoms with E-state index in [1.54, 1.807) is 6.92 Å². The maximum absolute atomic E-state index is 11.8. The van der Waals surface area contributed by atoms with Crippen molar-refractivity contribution >= 4 is 15.9 Å². The minimum atomic E-state index is -3.25. The third-order valence-electron chi connectivity index (χ3n) is 2.98. The van der Waals surface area contributed by atoms with Gasteiger partial charge in [0.15, 0.2) is 0 Å². The molecule has 6 nitrogen and oxygen atoms in total. The van der Waals surface area contributed by atoms with Gasteiger partial charge in [-0.3, -0.25) is 4.79 Å². The molecule has 2 atom stereocenters. The number of hydrogen-bond acceptors (Lipinski definition) is 4. The van der Waals surface area contributed by atoms with Crippen molar-refractivity contribution in [3.8, 4) is 0 Å². The summed E-state index contributed by atoms with van der Waals surface area (Å²) in [5.41, 5.74) is 0. The molecular weight excluding hydrogens is 254 g/mol. The van der Waals surface area contributed by atoms with Crippen LogP contribution in [-0.2, 0) is 14.8 Å². The predicted molar refractivity (Wildman–Crippen MR) is 70.6 cm³/mol. The maximum Gasteiger partial charge on any atom is 0.224 e. The molecular formula is C11H23N3O3S. The van der Waals surface area contributed by atoms with Gasteiger partial charge in [0.05, 0.1) is 11.7 Å². The molecule has 1 amide bonds. The van der Waals surface area contributed by atoms with Crippen LogP contribution in [0.25, 0.3) is 0 Å². The number of nitrogens with one attached hydrogen (secondary N) is 3. The summed E-state index contributed by atoms with van der Waals surface area (Å²) >= 11 is 0. The topological polar surface area (TPSA) is 87.3 Å². The average molecular weight is 277 g/mol. The van der Waals surface area contributed by atoms with Crippen LogP contribution in [0.1, 0.15) is 20.3 Å². The van der Waals surface area contributed by atoms with E-state index in [9.17, 15) is 13.2 Å². The second-order valence-electron chi connectivity index (χ2n) is 4.80. The van der Waals surface area contributed by atoms with Crippen molar-refractivity contribution < 1.29 is 13.2 Å². The molecule has 0 spiro atoms. The van der Waals surface area contributed by atoms with Crippen LogP contribution in [0.15, 0.2) is 0 Å². The zero-order valence-electron chi connectivity index (χ0n) is 11.0. The molecule has 0 aliphatic carbocycles. The molecule has 2 unspecified atom stereocenters.